The molecule has 0 unspecified atom stereocenters. The lowest BCUT2D eigenvalue weighted by Gasteiger charge is -2.14. The van der Waals surface area contributed by atoms with Gasteiger partial charge in [-0.25, -0.2) is 9.97 Å². The number of hydrogen-bond acceptors (Lipinski definition) is 5. The van der Waals surface area contributed by atoms with Gasteiger partial charge in [0.25, 0.3) is 0 Å². The van der Waals surface area contributed by atoms with Gasteiger partial charge < -0.3 is 11.1 Å². The summed E-state index contributed by atoms with van der Waals surface area (Å²) in [6.45, 7) is 0. The SMILES string of the molecule is C.Nc1nccc2cc(CCC(=O)c3cnc(NC4CCCC4)c(Cl)c3)ccc12. The normalized spacial score (nSPS) is 14.0. The molecule has 0 radical (unpaired) electrons. The number of Topliss-reactive ketones (excluding diaryl/α,β-unsaturated/α-hetero) is 1. The summed E-state index contributed by atoms with van der Waals surface area (Å²) in [6.07, 6.45) is 9.14. The molecule has 1 saturated carbocycles. The second-order valence-corrected chi connectivity index (χ2v) is 7.76. The van der Waals surface area contributed by atoms with Crippen LogP contribution in [0.2, 0.25) is 5.02 Å². The van der Waals surface area contributed by atoms with Crippen LogP contribution in [-0.4, -0.2) is 21.8 Å². The summed E-state index contributed by atoms with van der Waals surface area (Å²) in [5, 5.41) is 5.85. The third-order valence-electron chi connectivity index (χ3n) is 5.36. The molecule has 2 aromatic heterocycles. The minimum absolute atomic E-state index is 0. The summed E-state index contributed by atoms with van der Waals surface area (Å²) in [4.78, 5) is 21.1. The highest BCUT2D eigenvalue weighted by Gasteiger charge is 2.17. The number of aryl methyl sites for hydroxylation is 1. The van der Waals surface area contributed by atoms with Gasteiger partial charge in [-0.1, -0.05) is 50.1 Å². The number of carbonyl (C=O) groups excluding carboxylic acids is 1. The minimum atomic E-state index is 0. The molecule has 3 aromatic rings. The average Bonchev–Trinajstić information content (AvgIpc) is 3.21. The van der Waals surface area contributed by atoms with E-state index in [1.165, 1.54) is 12.8 Å². The van der Waals surface area contributed by atoms with Crippen molar-refractivity contribution in [2.24, 2.45) is 0 Å². The number of hydrogen-bond donors (Lipinski definition) is 2. The summed E-state index contributed by atoms with van der Waals surface area (Å²) < 4.78 is 0. The first-order valence-electron chi connectivity index (χ1n) is 9.68. The van der Waals surface area contributed by atoms with Crippen molar-refractivity contribution in [3.8, 4) is 0 Å². The van der Waals surface area contributed by atoms with Gasteiger partial charge in [0.15, 0.2) is 5.78 Å². The molecular formula is C23H27ClN4O. The highest BCUT2D eigenvalue weighted by atomic mass is 35.5. The van der Waals surface area contributed by atoms with Crippen molar-refractivity contribution in [2.75, 3.05) is 11.1 Å². The fraction of sp³-hybridized carbons (Fsp3) is 0.348. The van der Waals surface area contributed by atoms with Crippen LogP contribution >= 0.6 is 11.6 Å². The molecule has 4 rings (SSSR count). The first-order valence-corrected chi connectivity index (χ1v) is 10.1. The van der Waals surface area contributed by atoms with Gasteiger partial charge in [-0.15, -0.1) is 0 Å². The van der Waals surface area contributed by atoms with Crippen LogP contribution in [0.4, 0.5) is 11.6 Å². The van der Waals surface area contributed by atoms with Crippen LogP contribution in [0.5, 0.6) is 0 Å². The van der Waals surface area contributed by atoms with Crippen LogP contribution in [0.25, 0.3) is 10.8 Å². The number of ketones is 1. The predicted octanol–water partition coefficient (Wildman–Crippen LogP) is 5.67. The topological polar surface area (TPSA) is 80.9 Å². The number of rotatable bonds is 6. The molecule has 6 heteroatoms. The zero-order chi connectivity index (χ0) is 19.5. The fourth-order valence-corrected chi connectivity index (χ4v) is 3.99. The Kier molecular flexibility index (Phi) is 6.70. The van der Waals surface area contributed by atoms with Gasteiger partial charge in [-0.2, -0.15) is 0 Å². The van der Waals surface area contributed by atoms with Gasteiger partial charge in [0.05, 0.1) is 5.02 Å². The number of nitrogens with one attached hydrogen (secondary N) is 1. The number of fused-ring (bicyclic) bond motifs is 1. The minimum Gasteiger partial charge on any atom is -0.383 e. The molecule has 0 aliphatic heterocycles. The van der Waals surface area contributed by atoms with Gasteiger partial charge in [-0.05, 0) is 42.3 Å². The van der Waals surface area contributed by atoms with Crippen LogP contribution in [0.15, 0.2) is 42.7 Å². The molecule has 1 fully saturated rings. The number of nitrogens with two attached hydrogens (primary N) is 1. The summed E-state index contributed by atoms with van der Waals surface area (Å²) >= 11 is 6.35. The molecule has 0 saturated heterocycles. The molecule has 2 heterocycles. The Morgan fingerprint density at radius 1 is 1.17 bits per heavy atom. The third-order valence-corrected chi connectivity index (χ3v) is 5.65. The Morgan fingerprint density at radius 2 is 1.97 bits per heavy atom. The molecule has 1 aliphatic rings. The third kappa shape index (κ3) is 4.85. The van der Waals surface area contributed by atoms with Crippen molar-refractivity contribution >= 4 is 39.8 Å². The molecule has 3 N–H and O–H groups in total. The van der Waals surface area contributed by atoms with Crippen molar-refractivity contribution < 1.29 is 4.79 Å². The summed E-state index contributed by atoms with van der Waals surface area (Å²) in [5.41, 5.74) is 7.53. The van der Waals surface area contributed by atoms with E-state index < -0.39 is 0 Å². The number of nitrogen functional groups attached to an aromatic ring is 1. The second kappa shape index (κ2) is 9.23. The van der Waals surface area contributed by atoms with Crippen molar-refractivity contribution in [1.82, 2.24) is 9.97 Å². The summed E-state index contributed by atoms with van der Waals surface area (Å²) in [5.74, 6) is 1.23. The number of benzene rings is 1. The molecule has 0 atom stereocenters. The van der Waals surface area contributed by atoms with E-state index in [0.717, 1.165) is 29.2 Å². The van der Waals surface area contributed by atoms with Crippen molar-refractivity contribution in [1.29, 1.82) is 0 Å². The summed E-state index contributed by atoms with van der Waals surface area (Å²) in [7, 11) is 0. The predicted molar refractivity (Wildman–Crippen MR) is 121 cm³/mol. The van der Waals surface area contributed by atoms with Crippen molar-refractivity contribution in [3.63, 3.8) is 0 Å². The quantitative estimate of drug-likeness (QED) is 0.511. The van der Waals surface area contributed by atoms with Gasteiger partial charge in [0, 0.05) is 35.8 Å². The van der Waals surface area contributed by atoms with E-state index in [-0.39, 0.29) is 13.2 Å². The lowest BCUT2D eigenvalue weighted by atomic mass is 10.0. The lowest BCUT2D eigenvalue weighted by molar-refractivity contribution is 0.0982. The van der Waals surface area contributed by atoms with E-state index >= 15 is 0 Å². The van der Waals surface area contributed by atoms with E-state index in [4.69, 9.17) is 17.3 Å². The zero-order valence-corrected chi connectivity index (χ0v) is 16.4. The molecule has 5 nitrogen and oxygen atoms in total. The molecule has 0 spiro atoms. The number of carbonyl (C=O) groups is 1. The maximum absolute atomic E-state index is 12.6. The molecule has 1 aliphatic carbocycles. The Morgan fingerprint density at radius 3 is 2.72 bits per heavy atom. The monoisotopic (exact) mass is 410 g/mol. The molecule has 1 aromatic carbocycles. The Balaban J connectivity index is 0.00000240. The van der Waals surface area contributed by atoms with E-state index in [1.54, 1.807) is 18.5 Å². The van der Waals surface area contributed by atoms with Gasteiger partial charge >= 0.3 is 0 Å². The molecule has 0 amide bonds. The number of pyridine rings is 2. The van der Waals surface area contributed by atoms with Crippen LogP contribution in [-0.2, 0) is 6.42 Å². The molecular weight excluding hydrogens is 384 g/mol. The number of aromatic nitrogens is 2. The highest BCUT2D eigenvalue weighted by Crippen LogP contribution is 2.27. The Bertz CT molecular complexity index is 1010. The van der Waals surface area contributed by atoms with Crippen molar-refractivity contribution in [3.05, 3.63) is 58.9 Å². The van der Waals surface area contributed by atoms with Gasteiger partial charge in [-0.3, -0.25) is 4.79 Å². The number of halogens is 1. The number of anilines is 2. The fourth-order valence-electron chi connectivity index (χ4n) is 3.77. The molecule has 0 bridgehead atoms. The van der Waals surface area contributed by atoms with Crippen LogP contribution < -0.4 is 11.1 Å². The average molecular weight is 411 g/mol. The van der Waals surface area contributed by atoms with Crippen LogP contribution in [0, 0.1) is 0 Å². The molecule has 29 heavy (non-hydrogen) atoms. The summed E-state index contributed by atoms with van der Waals surface area (Å²) in [6, 6.07) is 10.1. The maximum Gasteiger partial charge on any atom is 0.164 e. The van der Waals surface area contributed by atoms with Gasteiger partial charge in [0.2, 0.25) is 0 Å². The highest BCUT2D eigenvalue weighted by molar-refractivity contribution is 6.33. The lowest BCUT2D eigenvalue weighted by Crippen LogP contribution is -2.16. The first kappa shape index (κ1) is 21.1. The van der Waals surface area contributed by atoms with E-state index in [9.17, 15) is 4.79 Å². The van der Waals surface area contributed by atoms with Gasteiger partial charge in [0.1, 0.15) is 11.6 Å². The van der Waals surface area contributed by atoms with Crippen LogP contribution in [0.1, 0.15) is 55.5 Å². The Labute approximate surface area is 176 Å². The maximum atomic E-state index is 12.6. The van der Waals surface area contributed by atoms with Crippen LogP contribution in [0.3, 0.4) is 0 Å². The van der Waals surface area contributed by atoms with E-state index in [0.29, 0.717) is 41.1 Å². The largest absolute Gasteiger partial charge is 0.383 e. The Hall–Kier alpha value is -2.66. The molecule has 152 valence electrons. The number of nitrogens with zero attached hydrogens (tertiary/aromatic N) is 2. The van der Waals surface area contributed by atoms with Crippen molar-refractivity contribution in [2.45, 2.75) is 52.0 Å². The first-order chi connectivity index (χ1) is 13.6. The van der Waals surface area contributed by atoms with E-state index in [1.807, 2.05) is 18.2 Å². The smallest absolute Gasteiger partial charge is 0.164 e. The second-order valence-electron chi connectivity index (χ2n) is 7.35. The zero-order valence-electron chi connectivity index (χ0n) is 15.6. The standard InChI is InChI=1S/C22H23ClN4O.CH4/c23-19-12-16(13-26-22(19)27-17-3-1-2-4-17)20(28)8-6-14-5-7-18-15(11-14)9-10-25-21(18)24;/h5,7,9-13,17H,1-4,6,8H2,(H2,24,25)(H,26,27);1H4. The van der Waals surface area contributed by atoms with E-state index in [2.05, 4.69) is 21.4 Å².